The van der Waals surface area contributed by atoms with Crippen molar-refractivity contribution in [2.45, 2.75) is 49.3 Å². The van der Waals surface area contributed by atoms with E-state index in [0.717, 1.165) is 44.1 Å². The summed E-state index contributed by atoms with van der Waals surface area (Å²) in [6.45, 7) is 1.03. The second-order valence-electron chi connectivity index (χ2n) is 7.96. The average Bonchev–Trinajstić information content (AvgIpc) is 2.79. The molecule has 2 aromatic carbocycles. The van der Waals surface area contributed by atoms with Crippen LogP contribution in [0.3, 0.4) is 0 Å². The summed E-state index contributed by atoms with van der Waals surface area (Å²) < 4.78 is 33.2. The number of carbonyl (C=O) groups is 1. The Hall–Kier alpha value is -2.38. The molecule has 1 aliphatic heterocycles. The van der Waals surface area contributed by atoms with Gasteiger partial charge in [0.15, 0.2) is 0 Å². The summed E-state index contributed by atoms with van der Waals surface area (Å²) in [5.74, 6) is -0.0329. The first-order chi connectivity index (χ1) is 14.5. The van der Waals surface area contributed by atoms with Gasteiger partial charge >= 0.3 is 0 Å². The first-order valence-corrected chi connectivity index (χ1v) is 12.0. The van der Waals surface area contributed by atoms with Gasteiger partial charge in [0.25, 0.3) is 0 Å². The predicted molar refractivity (Wildman–Crippen MR) is 116 cm³/mol. The number of nitrogens with zero attached hydrogens (tertiary/aromatic N) is 1. The van der Waals surface area contributed by atoms with E-state index < -0.39 is 10.0 Å². The summed E-state index contributed by atoms with van der Waals surface area (Å²) in [6.07, 6.45) is 5.51. The van der Waals surface area contributed by atoms with E-state index in [9.17, 15) is 13.2 Å². The molecule has 0 radical (unpaired) electrons. The van der Waals surface area contributed by atoms with E-state index in [1.807, 2.05) is 18.2 Å². The molecule has 1 unspecified atom stereocenters. The van der Waals surface area contributed by atoms with Crippen LogP contribution in [0.5, 0.6) is 5.75 Å². The molecule has 0 bridgehead atoms. The molecular weight excluding hydrogens is 400 g/mol. The topological polar surface area (TPSA) is 75.7 Å². The molecule has 1 heterocycles. The van der Waals surface area contributed by atoms with E-state index in [4.69, 9.17) is 4.74 Å². The van der Waals surface area contributed by atoms with Crippen molar-refractivity contribution in [2.24, 2.45) is 0 Å². The number of amides is 1. The number of fused-ring (bicyclic) bond motifs is 1. The molecule has 1 fully saturated rings. The highest BCUT2D eigenvalue weighted by Gasteiger charge is 2.30. The lowest BCUT2D eigenvalue weighted by Gasteiger charge is -2.27. The number of sulfonamides is 1. The van der Waals surface area contributed by atoms with E-state index in [0.29, 0.717) is 24.5 Å². The van der Waals surface area contributed by atoms with Gasteiger partial charge in [-0.15, -0.1) is 0 Å². The van der Waals surface area contributed by atoms with Crippen LogP contribution < -0.4 is 10.1 Å². The highest BCUT2D eigenvalue weighted by molar-refractivity contribution is 7.89. The van der Waals surface area contributed by atoms with Gasteiger partial charge in [0.2, 0.25) is 15.9 Å². The van der Waals surface area contributed by atoms with Gasteiger partial charge in [0, 0.05) is 18.8 Å². The number of ether oxygens (including phenoxy) is 1. The van der Waals surface area contributed by atoms with Gasteiger partial charge in [-0.2, -0.15) is 4.31 Å². The summed E-state index contributed by atoms with van der Waals surface area (Å²) >= 11 is 0. The Morgan fingerprint density at radius 2 is 1.83 bits per heavy atom. The molecule has 1 saturated heterocycles. The van der Waals surface area contributed by atoms with Gasteiger partial charge in [0.1, 0.15) is 10.6 Å². The molecule has 1 amide bonds. The minimum absolute atomic E-state index is 0.103. The zero-order valence-corrected chi connectivity index (χ0v) is 18.1. The van der Waals surface area contributed by atoms with Crippen LogP contribution in [0.25, 0.3) is 0 Å². The van der Waals surface area contributed by atoms with Crippen molar-refractivity contribution in [1.29, 1.82) is 0 Å². The summed E-state index contributed by atoms with van der Waals surface area (Å²) in [7, 11) is -2.22. The van der Waals surface area contributed by atoms with E-state index in [1.165, 1.54) is 23.0 Å². The first kappa shape index (κ1) is 20.9. The number of aryl methyl sites for hydroxylation is 1. The number of nitrogens with one attached hydrogen (secondary N) is 1. The van der Waals surface area contributed by atoms with Crippen LogP contribution >= 0.6 is 0 Å². The van der Waals surface area contributed by atoms with Crippen molar-refractivity contribution < 1.29 is 17.9 Å². The molecule has 2 aliphatic rings. The van der Waals surface area contributed by atoms with Crippen molar-refractivity contribution in [1.82, 2.24) is 4.31 Å². The maximum absolute atomic E-state index is 13.2. The molecular formula is C23H28N2O4S. The van der Waals surface area contributed by atoms with Crippen molar-refractivity contribution in [2.75, 3.05) is 25.5 Å². The summed E-state index contributed by atoms with van der Waals surface area (Å²) in [5, 5.41) is 2.94. The lowest BCUT2D eigenvalue weighted by molar-refractivity contribution is -0.117. The number of benzene rings is 2. The lowest BCUT2D eigenvalue weighted by atomic mass is 9.82. The Bertz CT molecular complexity index is 1030. The van der Waals surface area contributed by atoms with Crippen LogP contribution in [0.1, 0.15) is 49.1 Å². The second kappa shape index (κ2) is 8.78. The van der Waals surface area contributed by atoms with Crippen molar-refractivity contribution in [3.63, 3.8) is 0 Å². The Morgan fingerprint density at radius 3 is 2.60 bits per heavy atom. The number of rotatable bonds is 5. The lowest BCUT2D eigenvalue weighted by Crippen LogP contribution is -2.35. The van der Waals surface area contributed by atoms with Crippen molar-refractivity contribution >= 4 is 21.6 Å². The summed E-state index contributed by atoms with van der Waals surface area (Å²) in [5.41, 5.74) is 2.75. The Balaban J connectivity index is 1.60. The van der Waals surface area contributed by atoms with Crippen LogP contribution in [0.15, 0.2) is 47.4 Å². The molecule has 160 valence electrons. The quantitative estimate of drug-likeness (QED) is 0.783. The number of hydrogen-bond acceptors (Lipinski definition) is 4. The van der Waals surface area contributed by atoms with Gasteiger partial charge in [-0.3, -0.25) is 4.79 Å². The molecule has 1 atom stereocenters. The summed E-state index contributed by atoms with van der Waals surface area (Å²) in [6, 6.07) is 12.9. The van der Waals surface area contributed by atoms with Crippen molar-refractivity contribution in [3.8, 4) is 5.75 Å². The third-order valence-electron chi connectivity index (χ3n) is 6.05. The van der Waals surface area contributed by atoms with Crippen LogP contribution in [0, 0.1) is 0 Å². The Labute approximate surface area is 178 Å². The molecule has 4 rings (SSSR count). The highest BCUT2D eigenvalue weighted by atomic mass is 32.2. The van der Waals surface area contributed by atoms with Gasteiger partial charge in [0.05, 0.1) is 13.0 Å². The minimum atomic E-state index is -3.68. The molecule has 0 spiro atoms. The largest absolute Gasteiger partial charge is 0.495 e. The van der Waals surface area contributed by atoms with Crippen LogP contribution in [0.4, 0.5) is 5.69 Å². The van der Waals surface area contributed by atoms with Gasteiger partial charge in [-0.05, 0) is 61.4 Å². The zero-order valence-electron chi connectivity index (χ0n) is 17.3. The SMILES string of the molecule is COc1ccc(NC(=O)C2CCCc3ccccc32)cc1S(=O)(=O)N1CCCCC1. The molecule has 0 aromatic heterocycles. The van der Waals surface area contributed by atoms with Crippen LogP contribution in [-0.2, 0) is 21.2 Å². The fraction of sp³-hybridized carbons (Fsp3) is 0.435. The third kappa shape index (κ3) is 4.09. The molecule has 7 heteroatoms. The van der Waals surface area contributed by atoms with Crippen LogP contribution in [-0.4, -0.2) is 38.8 Å². The second-order valence-corrected chi connectivity index (χ2v) is 9.87. The fourth-order valence-electron chi connectivity index (χ4n) is 4.46. The van der Waals surface area contributed by atoms with E-state index >= 15 is 0 Å². The third-order valence-corrected chi connectivity index (χ3v) is 7.97. The molecule has 0 saturated carbocycles. The molecule has 6 nitrogen and oxygen atoms in total. The van der Waals surface area contributed by atoms with E-state index in [1.54, 1.807) is 12.1 Å². The maximum Gasteiger partial charge on any atom is 0.246 e. The molecule has 2 aromatic rings. The zero-order chi connectivity index (χ0) is 21.1. The average molecular weight is 429 g/mol. The van der Waals surface area contributed by atoms with Crippen LogP contribution in [0.2, 0.25) is 0 Å². The number of piperidine rings is 1. The smallest absolute Gasteiger partial charge is 0.246 e. The van der Waals surface area contributed by atoms with Crippen molar-refractivity contribution in [3.05, 3.63) is 53.6 Å². The Morgan fingerprint density at radius 1 is 1.07 bits per heavy atom. The van der Waals surface area contributed by atoms with Gasteiger partial charge < -0.3 is 10.1 Å². The highest BCUT2D eigenvalue weighted by Crippen LogP contribution is 2.34. The molecule has 30 heavy (non-hydrogen) atoms. The fourth-order valence-corrected chi connectivity index (χ4v) is 6.15. The van der Waals surface area contributed by atoms with Gasteiger partial charge in [-0.1, -0.05) is 30.7 Å². The molecule has 1 aliphatic carbocycles. The number of anilines is 1. The normalized spacial score (nSPS) is 19.7. The van der Waals surface area contributed by atoms with E-state index in [-0.39, 0.29) is 16.7 Å². The maximum atomic E-state index is 13.2. The number of methoxy groups -OCH3 is 1. The number of carbonyl (C=O) groups excluding carboxylic acids is 1. The minimum Gasteiger partial charge on any atom is -0.495 e. The monoisotopic (exact) mass is 428 g/mol. The number of hydrogen-bond donors (Lipinski definition) is 1. The summed E-state index contributed by atoms with van der Waals surface area (Å²) in [4.78, 5) is 13.2. The predicted octanol–water partition coefficient (Wildman–Crippen LogP) is 3.93. The Kier molecular flexibility index (Phi) is 6.11. The molecule has 1 N–H and O–H groups in total. The standard InChI is InChI=1S/C23H28N2O4S/c1-29-21-13-12-18(16-22(21)30(27,28)25-14-5-2-6-15-25)24-23(26)20-11-7-9-17-8-3-4-10-19(17)20/h3-4,8,10,12-13,16,20H,2,5-7,9,11,14-15H2,1H3,(H,24,26). The van der Waals surface area contributed by atoms with E-state index in [2.05, 4.69) is 11.4 Å². The first-order valence-electron chi connectivity index (χ1n) is 10.6. The van der Waals surface area contributed by atoms with Gasteiger partial charge in [-0.25, -0.2) is 8.42 Å².